The quantitative estimate of drug-likeness (QED) is 0.717. The van der Waals surface area contributed by atoms with Gasteiger partial charge in [-0.2, -0.15) is 0 Å². The Morgan fingerprint density at radius 2 is 1.95 bits per heavy atom. The highest BCUT2D eigenvalue weighted by molar-refractivity contribution is 7.89. The predicted molar refractivity (Wildman–Crippen MR) is 89.3 cm³/mol. The van der Waals surface area contributed by atoms with E-state index in [2.05, 4.69) is 32.9 Å². The smallest absolute Gasteiger partial charge is 0.124 e. The molecule has 2 atom stereocenters. The fourth-order valence-electron chi connectivity index (χ4n) is 2.72. The number of carbonyl (C=O) groups excluding carboxylic acids is 1. The maximum atomic E-state index is 12.6. The minimum absolute atomic E-state index is 0.132. The van der Waals surface area contributed by atoms with Crippen LogP contribution in [-0.2, 0) is 15.6 Å². The molecule has 0 N–H and O–H groups in total. The van der Waals surface area contributed by atoms with E-state index in [0.717, 1.165) is 23.2 Å². The Morgan fingerprint density at radius 1 is 1.24 bits per heavy atom. The van der Waals surface area contributed by atoms with Crippen LogP contribution >= 0.6 is 0 Å². The second kappa shape index (κ2) is 6.27. The first-order chi connectivity index (χ1) is 9.82. The van der Waals surface area contributed by atoms with Crippen LogP contribution in [0.15, 0.2) is 45.9 Å². The highest BCUT2D eigenvalue weighted by Crippen LogP contribution is 2.36. The molecule has 0 amide bonds. The van der Waals surface area contributed by atoms with Gasteiger partial charge in [0.05, 0.1) is 10.8 Å². The Hall–Kier alpha value is -1.22. The van der Waals surface area contributed by atoms with E-state index >= 15 is 0 Å². The number of allylic oxidation sites excluding steroid dienone is 7. The van der Waals surface area contributed by atoms with Gasteiger partial charge < -0.3 is 4.79 Å². The molecule has 0 fully saturated rings. The van der Waals surface area contributed by atoms with E-state index in [9.17, 15) is 9.00 Å². The van der Waals surface area contributed by atoms with Crippen LogP contribution in [0.3, 0.4) is 0 Å². The minimum Gasteiger partial charge on any atom is -0.303 e. The molecule has 0 aromatic heterocycles. The Balaban J connectivity index is 1.93. The van der Waals surface area contributed by atoms with Crippen molar-refractivity contribution in [1.29, 1.82) is 0 Å². The van der Waals surface area contributed by atoms with E-state index in [1.165, 1.54) is 11.1 Å². The van der Waals surface area contributed by atoms with Gasteiger partial charge in [0.25, 0.3) is 0 Å². The van der Waals surface area contributed by atoms with Crippen LogP contribution in [0.25, 0.3) is 0 Å². The molecule has 3 heteroatoms. The summed E-state index contributed by atoms with van der Waals surface area (Å²) in [7, 11) is -0.990. The first kappa shape index (κ1) is 16.2. The maximum Gasteiger partial charge on any atom is 0.124 e. The van der Waals surface area contributed by atoms with Gasteiger partial charge in [-0.25, -0.2) is 0 Å². The van der Waals surface area contributed by atoms with Crippen molar-refractivity contribution in [3.05, 3.63) is 45.9 Å². The second-order valence-corrected chi connectivity index (χ2v) is 8.29. The topological polar surface area (TPSA) is 34.1 Å². The average Bonchev–Trinajstić information content (AvgIpc) is 2.98. The summed E-state index contributed by atoms with van der Waals surface area (Å²) in [4.78, 5) is 11.6. The van der Waals surface area contributed by atoms with Gasteiger partial charge >= 0.3 is 0 Å². The molecule has 0 aromatic carbocycles. The van der Waals surface area contributed by atoms with Crippen LogP contribution < -0.4 is 0 Å². The van der Waals surface area contributed by atoms with Crippen LogP contribution in [0.1, 0.15) is 40.5 Å². The molecule has 114 valence electrons. The number of carbonyl (C=O) groups is 1. The summed E-state index contributed by atoms with van der Waals surface area (Å²) < 4.78 is 12.6. The molecule has 0 saturated carbocycles. The zero-order chi connectivity index (χ0) is 15.6. The average molecular weight is 304 g/mol. The van der Waals surface area contributed by atoms with Gasteiger partial charge in [-0.05, 0) is 17.9 Å². The van der Waals surface area contributed by atoms with Crippen LogP contribution in [-0.4, -0.2) is 16.2 Å². The normalized spacial score (nSPS) is 23.3. The lowest BCUT2D eigenvalue weighted by Gasteiger charge is -2.21. The van der Waals surface area contributed by atoms with E-state index in [0.29, 0.717) is 12.2 Å². The Morgan fingerprint density at radius 3 is 2.52 bits per heavy atom. The molecule has 0 spiro atoms. The molecule has 0 saturated heterocycles. The van der Waals surface area contributed by atoms with Crippen molar-refractivity contribution in [1.82, 2.24) is 0 Å². The zero-order valence-corrected chi connectivity index (χ0v) is 14.1. The molecule has 21 heavy (non-hydrogen) atoms. The first-order valence-corrected chi connectivity index (χ1v) is 8.76. The summed E-state index contributed by atoms with van der Waals surface area (Å²) in [5.41, 5.74) is 3.90. The van der Waals surface area contributed by atoms with Gasteiger partial charge in [0.15, 0.2) is 0 Å². The predicted octanol–water partition coefficient (Wildman–Crippen LogP) is 4.09. The fraction of sp³-hybridized carbons (Fsp3) is 0.500. The van der Waals surface area contributed by atoms with Gasteiger partial charge in [0, 0.05) is 23.0 Å². The van der Waals surface area contributed by atoms with Crippen LogP contribution in [0.5, 0.6) is 0 Å². The molecule has 0 heterocycles. The molecule has 2 aliphatic carbocycles. The molecule has 2 nitrogen and oxygen atoms in total. The van der Waals surface area contributed by atoms with E-state index in [-0.39, 0.29) is 11.3 Å². The first-order valence-electron chi connectivity index (χ1n) is 7.44. The Labute approximate surface area is 130 Å². The second-order valence-electron chi connectivity index (χ2n) is 6.84. The van der Waals surface area contributed by atoms with E-state index in [4.69, 9.17) is 0 Å². The Kier molecular flexibility index (Phi) is 4.82. The lowest BCUT2D eigenvalue weighted by Crippen LogP contribution is -2.11. The van der Waals surface area contributed by atoms with Crippen molar-refractivity contribution >= 4 is 17.1 Å². The number of aldehydes is 1. The zero-order valence-electron chi connectivity index (χ0n) is 13.3. The molecule has 2 unspecified atom stereocenters. The molecule has 2 aliphatic rings. The molecule has 0 aliphatic heterocycles. The van der Waals surface area contributed by atoms with Gasteiger partial charge in [0.1, 0.15) is 6.29 Å². The number of hydrogen-bond acceptors (Lipinski definition) is 2. The van der Waals surface area contributed by atoms with Crippen molar-refractivity contribution < 1.29 is 9.00 Å². The van der Waals surface area contributed by atoms with Gasteiger partial charge in [0.2, 0.25) is 0 Å². The monoisotopic (exact) mass is 304 g/mol. The molecule has 0 aromatic rings. The summed E-state index contributed by atoms with van der Waals surface area (Å²) in [5.74, 6) is 0.738. The van der Waals surface area contributed by atoms with Crippen molar-refractivity contribution in [2.24, 2.45) is 11.3 Å². The van der Waals surface area contributed by atoms with Crippen molar-refractivity contribution in [3.63, 3.8) is 0 Å². The largest absolute Gasteiger partial charge is 0.303 e. The fourth-order valence-corrected chi connectivity index (χ4v) is 4.19. The van der Waals surface area contributed by atoms with Crippen molar-refractivity contribution in [2.75, 3.05) is 5.75 Å². The summed E-state index contributed by atoms with van der Waals surface area (Å²) >= 11 is 0. The van der Waals surface area contributed by atoms with Gasteiger partial charge in [-0.15, -0.1) is 0 Å². The molecular formula is C18H24O2S. The molecule has 2 rings (SSSR count). The number of rotatable bonds is 5. The minimum atomic E-state index is -0.990. The summed E-state index contributed by atoms with van der Waals surface area (Å²) in [6, 6.07) is 0. The SMILES string of the molecule is CC1C(CC=O)=CC=C1S(=O)CC1=CC=C(C(C)(C)C)C1. The molecule has 0 radical (unpaired) electrons. The third-order valence-electron chi connectivity index (χ3n) is 4.24. The maximum absolute atomic E-state index is 12.6. The third kappa shape index (κ3) is 3.70. The van der Waals surface area contributed by atoms with Crippen LogP contribution in [0, 0.1) is 11.3 Å². The van der Waals surface area contributed by atoms with E-state index in [1.54, 1.807) is 0 Å². The number of hydrogen-bond donors (Lipinski definition) is 0. The lowest BCUT2D eigenvalue weighted by atomic mass is 9.85. The van der Waals surface area contributed by atoms with Gasteiger partial charge in [-0.1, -0.05) is 62.6 Å². The molecule has 0 bridgehead atoms. The highest BCUT2D eigenvalue weighted by atomic mass is 32.2. The highest BCUT2D eigenvalue weighted by Gasteiger charge is 2.25. The lowest BCUT2D eigenvalue weighted by molar-refractivity contribution is -0.107. The Bertz CT molecular complexity index is 583. The van der Waals surface area contributed by atoms with Gasteiger partial charge in [-0.3, -0.25) is 4.21 Å². The molecular weight excluding hydrogens is 280 g/mol. The van der Waals surface area contributed by atoms with Crippen LogP contribution in [0.2, 0.25) is 0 Å². The standard InChI is InChI=1S/C18H24O2S/c1-13-15(9-10-19)6-8-17(13)21(20)12-14-5-7-16(11-14)18(2,3)4/h5-8,10,13H,9,11-12H2,1-4H3. The summed E-state index contributed by atoms with van der Waals surface area (Å²) in [5, 5.41) is 0. The van der Waals surface area contributed by atoms with Crippen molar-refractivity contribution in [2.45, 2.75) is 40.5 Å². The summed E-state index contributed by atoms with van der Waals surface area (Å²) in [6.45, 7) is 8.67. The van der Waals surface area contributed by atoms with E-state index in [1.807, 2.05) is 19.1 Å². The summed E-state index contributed by atoms with van der Waals surface area (Å²) in [6.07, 6.45) is 10.5. The van der Waals surface area contributed by atoms with E-state index < -0.39 is 10.8 Å². The third-order valence-corrected chi connectivity index (χ3v) is 5.89. The van der Waals surface area contributed by atoms with Crippen LogP contribution in [0.4, 0.5) is 0 Å². The van der Waals surface area contributed by atoms with Crippen molar-refractivity contribution in [3.8, 4) is 0 Å².